The molecule has 23 heavy (non-hydrogen) atoms. The highest BCUT2D eigenvalue weighted by molar-refractivity contribution is 5.80. The summed E-state index contributed by atoms with van der Waals surface area (Å²) >= 11 is 0. The normalized spacial score (nSPS) is 14.0. The van der Waals surface area contributed by atoms with E-state index in [0.29, 0.717) is 19.3 Å². The summed E-state index contributed by atoms with van der Waals surface area (Å²) in [6.45, 7) is 7.61. The van der Waals surface area contributed by atoms with Gasteiger partial charge in [0.1, 0.15) is 0 Å². The van der Waals surface area contributed by atoms with Gasteiger partial charge in [0.15, 0.2) is 0 Å². The number of rotatable bonds is 8. The second kappa shape index (κ2) is 8.09. The van der Waals surface area contributed by atoms with Crippen molar-refractivity contribution in [3.05, 3.63) is 30.1 Å². The smallest absolute Gasteiger partial charge is 0.311 e. The predicted molar refractivity (Wildman–Crippen MR) is 87.7 cm³/mol. The van der Waals surface area contributed by atoms with E-state index in [4.69, 9.17) is 9.47 Å². The van der Waals surface area contributed by atoms with Gasteiger partial charge in [-0.15, -0.1) is 0 Å². The number of carbonyl (C=O) groups is 2. The Morgan fingerprint density at radius 2 is 1.87 bits per heavy atom. The Morgan fingerprint density at radius 1 is 1.17 bits per heavy atom. The molecule has 0 saturated heterocycles. The Kier molecular flexibility index (Phi) is 6.73. The van der Waals surface area contributed by atoms with Gasteiger partial charge < -0.3 is 9.47 Å². The first kappa shape index (κ1) is 19.1. The van der Waals surface area contributed by atoms with Gasteiger partial charge in [0.05, 0.1) is 24.5 Å². The minimum absolute atomic E-state index is 0.282. The molecule has 128 valence electrons. The van der Waals surface area contributed by atoms with Crippen molar-refractivity contribution in [2.45, 2.75) is 47.0 Å². The van der Waals surface area contributed by atoms with Crippen LogP contribution in [-0.2, 0) is 25.5 Å². The summed E-state index contributed by atoms with van der Waals surface area (Å²) in [6, 6.07) is 5.64. The fourth-order valence-corrected chi connectivity index (χ4v) is 2.63. The molecule has 0 spiro atoms. The Hall–Kier alpha value is -1.91. The lowest BCUT2D eigenvalue weighted by Gasteiger charge is -2.33. The van der Waals surface area contributed by atoms with Gasteiger partial charge in [0.2, 0.25) is 0 Å². The van der Waals surface area contributed by atoms with Crippen molar-refractivity contribution in [2.24, 2.45) is 10.8 Å². The van der Waals surface area contributed by atoms with Crippen LogP contribution < -0.4 is 0 Å². The third-order valence-electron chi connectivity index (χ3n) is 4.16. The second-order valence-electron chi connectivity index (χ2n) is 6.67. The van der Waals surface area contributed by atoms with E-state index in [1.165, 1.54) is 7.11 Å². The van der Waals surface area contributed by atoms with Crippen LogP contribution in [0.3, 0.4) is 0 Å². The standard InChI is InChI=1S/C18H27NO4/c1-6-18(4,13-17(2,3)15(20)22-5)16(21)23-12-10-14-9-7-8-11-19-14/h7-9,11H,6,10,12-13H2,1-5H3. The number of esters is 2. The summed E-state index contributed by atoms with van der Waals surface area (Å²) in [7, 11) is 1.36. The summed E-state index contributed by atoms with van der Waals surface area (Å²) in [5.74, 6) is -0.605. The summed E-state index contributed by atoms with van der Waals surface area (Å²) in [5.41, 5.74) is -0.574. The number of carbonyl (C=O) groups excluding carboxylic acids is 2. The molecule has 5 nitrogen and oxygen atoms in total. The summed E-state index contributed by atoms with van der Waals surface area (Å²) in [5, 5.41) is 0. The molecule has 1 unspecified atom stereocenters. The van der Waals surface area contributed by atoms with Crippen LogP contribution in [-0.4, -0.2) is 30.6 Å². The molecule has 1 aromatic rings. The Morgan fingerprint density at radius 3 is 2.39 bits per heavy atom. The molecule has 0 N–H and O–H groups in total. The van der Waals surface area contributed by atoms with Crippen molar-refractivity contribution < 1.29 is 19.1 Å². The Balaban J connectivity index is 2.64. The number of ether oxygens (including phenoxy) is 2. The summed E-state index contributed by atoms with van der Waals surface area (Å²) < 4.78 is 10.3. The minimum Gasteiger partial charge on any atom is -0.469 e. The average molecular weight is 321 g/mol. The Labute approximate surface area is 138 Å². The molecule has 0 amide bonds. The quantitative estimate of drug-likeness (QED) is 0.688. The molecule has 1 atom stereocenters. The Bertz CT molecular complexity index is 527. The van der Waals surface area contributed by atoms with Crippen LogP contribution in [0.1, 0.15) is 46.2 Å². The van der Waals surface area contributed by atoms with Gasteiger partial charge in [-0.05, 0) is 45.7 Å². The van der Waals surface area contributed by atoms with Crippen LogP contribution in [0.4, 0.5) is 0 Å². The van der Waals surface area contributed by atoms with Crippen LogP contribution in [0.15, 0.2) is 24.4 Å². The van der Waals surface area contributed by atoms with Crippen LogP contribution in [0.25, 0.3) is 0 Å². The maximum Gasteiger partial charge on any atom is 0.311 e. The molecule has 0 saturated carbocycles. The fraction of sp³-hybridized carbons (Fsp3) is 0.611. The van der Waals surface area contributed by atoms with Crippen LogP contribution in [0.2, 0.25) is 0 Å². The van der Waals surface area contributed by atoms with E-state index >= 15 is 0 Å². The van der Waals surface area contributed by atoms with Crippen molar-refractivity contribution in [1.29, 1.82) is 0 Å². The molecule has 5 heteroatoms. The maximum atomic E-state index is 12.5. The van der Waals surface area contributed by atoms with Gasteiger partial charge in [-0.25, -0.2) is 0 Å². The topological polar surface area (TPSA) is 65.5 Å². The number of nitrogens with zero attached hydrogens (tertiary/aromatic N) is 1. The van der Waals surface area contributed by atoms with Crippen LogP contribution in [0, 0.1) is 10.8 Å². The fourth-order valence-electron chi connectivity index (χ4n) is 2.63. The maximum absolute atomic E-state index is 12.5. The van der Waals surface area contributed by atoms with Gasteiger partial charge >= 0.3 is 11.9 Å². The zero-order valence-electron chi connectivity index (χ0n) is 14.7. The average Bonchev–Trinajstić information content (AvgIpc) is 2.54. The highest BCUT2D eigenvalue weighted by Gasteiger charge is 2.42. The minimum atomic E-state index is -0.737. The van der Waals surface area contributed by atoms with E-state index in [2.05, 4.69) is 4.98 Å². The van der Waals surface area contributed by atoms with Gasteiger partial charge in [-0.1, -0.05) is 13.0 Å². The molecule has 0 fully saturated rings. The zero-order chi connectivity index (χ0) is 17.5. The molecule has 0 aliphatic carbocycles. The first-order valence-corrected chi connectivity index (χ1v) is 7.91. The molecule has 0 aromatic carbocycles. The van der Waals surface area contributed by atoms with E-state index in [9.17, 15) is 9.59 Å². The molecule has 0 radical (unpaired) electrons. The van der Waals surface area contributed by atoms with Crippen molar-refractivity contribution >= 4 is 11.9 Å². The number of pyridine rings is 1. The molecule has 1 heterocycles. The van der Waals surface area contributed by atoms with Crippen molar-refractivity contribution in [2.75, 3.05) is 13.7 Å². The van der Waals surface area contributed by atoms with E-state index < -0.39 is 10.8 Å². The highest BCUT2D eigenvalue weighted by Crippen LogP contribution is 2.38. The van der Waals surface area contributed by atoms with E-state index in [1.807, 2.05) is 32.0 Å². The largest absolute Gasteiger partial charge is 0.469 e. The second-order valence-corrected chi connectivity index (χ2v) is 6.67. The molecule has 0 aliphatic heterocycles. The van der Waals surface area contributed by atoms with Crippen molar-refractivity contribution in [1.82, 2.24) is 4.98 Å². The van der Waals surface area contributed by atoms with Gasteiger partial charge in [0.25, 0.3) is 0 Å². The molecule has 1 rings (SSSR count). The number of methoxy groups -OCH3 is 1. The van der Waals surface area contributed by atoms with Crippen LogP contribution in [0.5, 0.6) is 0 Å². The SMILES string of the molecule is CCC(C)(CC(C)(C)C(=O)OC)C(=O)OCCc1ccccn1. The molecular weight excluding hydrogens is 294 g/mol. The lowest BCUT2D eigenvalue weighted by molar-refractivity contribution is -0.161. The summed E-state index contributed by atoms with van der Waals surface area (Å²) in [6.07, 6.45) is 3.26. The van der Waals surface area contributed by atoms with E-state index in [-0.39, 0.29) is 18.5 Å². The van der Waals surface area contributed by atoms with Crippen molar-refractivity contribution in [3.8, 4) is 0 Å². The van der Waals surface area contributed by atoms with Gasteiger partial charge in [-0.2, -0.15) is 0 Å². The van der Waals surface area contributed by atoms with Gasteiger partial charge in [0, 0.05) is 18.3 Å². The molecule has 1 aromatic heterocycles. The summed E-state index contributed by atoms with van der Waals surface area (Å²) in [4.78, 5) is 28.5. The predicted octanol–water partition coefficient (Wildman–Crippen LogP) is 3.17. The van der Waals surface area contributed by atoms with Crippen LogP contribution >= 0.6 is 0 Å². The monoisotopic (exact) mass is 321 g/mol. The third kappa shape index (κ3) is 5.34. The number of hydrogen-bond acceptors (Lipinski definition) is 5. The lowest BCUT2D eigenvalue weighted by Crippen LogP contribution is -2.38. The molecule has 0 bridgehead atoms. The van der Waals surface area contributed by atoms with Gasteiger partial charge in [-0.3, -0.25) is 14.6 Å². The number of aromatic nitrogens is 1. The third-order valence-corrected chi connectivity index (χ3v) is 4.16. The highest BCUT2D eigenvalue weighted by atomic mass is 16.5. The number of hydrogen-bond donors (Lipinski definition) is 0. The van der Waals surface area contributed by atoms with Crippen molar-refractivity contribution in [3.63, 3.8) is 0 Å². The lowest BCUT2D eigenvalue weighted by atomic mass is 9.72. The first-order chi connectivity index (χ1) is 10.7. The molecule has 0 aliphatic rings. The first-order valence-electron chi connectivity index (χ1n) is 7.91. The zero-order valence-corrected chi connectivity index (χ0v) is 14.7. The molecular formula is C18H27NO4. The van der Waals surface area contributed by atoms with E-state index in [1.54, 1.807) is 20.0 Å². The van der Waals surface area contributed by atoms with E-state index in [0.717, 1.165) is 5.69 Å².